The zero-order valence-electron chi connectivity index (χ0n) is 9.49. The summed E-state index contributed by atoms with van der Waals surface area (Å²) < 4.78 is 0. The molecule has 0 radical (unpaired) electrons. The van der Waals surface area contributed by atoms with Gasteiger partial charge in [-0.2, -0.15) is 0 Å². The van der Waals surface area contributed by atoms with Crippen LogP contribution in [-0.2, 0) is 4.79 Å². The van der Waals surface area contributed by atoms with E-state index in [2.05, 4.69) is 20.4 Å². The summed E-state index contributed by atoms with van der Waals surface area (Å²) in [4.78, 5) is 13.6. The molecule has 1 rings (SSSR count). The van der Waals surface area contributed by atoms with E-state index >= 15 is 0 Å². The van der Waals surface area contributed by atoms with Gasteiger partial charge in [0, 0.05) is 12.5 Å². The second-order valence-corrected chi connectivity index (χ2v) is 4.64. The Morgan fingerprint density at radius 2 is 2.21 bits per heavy atom. The van der Waals surface area contributed by atoms with Crippen molar-refractivity contribution in [3.63, 3.8) is 0 Å². The summed E-state index contributed by atoms with van der Waals surface area (Å²) in [6, 6.07) is 0. The number of hydrogen-bond donors (Lipinski definition) is 0. The largest absolute Gasteiger partial charge is 0.319 e. The van der Waals surface area contributed by atoms with Gasteiger partial charge in [-0.3, -0.25) is 4.79 Å². The van der Waals surface area contributed by atoms with Crippen molar-refractivity contribution in [3.8, 4) is 0 Å². The van der Waals surface area contributed by atoms with E-state index in [1.54, 1.807) is 11.1 Å². The van der Waals surface area contributed by atoms with E-state index in [9.17, 15) is 4.79 Å². The highest BCUT2D eigenvalue weighted by atomic mass is 16.2. The zero-order valence-corrected chi connectivity index (χ0v) is 9.49. The maximum atomic E-state index is 11.8. The molecule has 0 aliphatic carbocycles. The summed E-state index contributed by atoms with van der Waals surface area (Å²) in [5.41, 5.74) is 0. The molecule has 0 N–H and O–H groups in total. The number of carbonyl (C=O) groups excluding carboxylic acids is 1. The first-order chi connectivity index (χ1) is 6.56. The van der Waals surface area contributed by atoms with Gasteiger partial charge in [-0.15, -0.1) is 0 Å². The fourth-order valence-electron chi connectivity index (χ4n) is 2.16. The Hall–Kier alpha value is -0.790. The predicted octanol–water partition coefficient (Wildman–Crippen LogP) is 2.66. The second kappa shape index (κ2) is 4.63. The molecule has 2 nitrogen and oxygen atoms in total. The molecule has 1 aliphatic rings. The van der Waals surface area contributed by atoms with E-state index < -0.39 is 0 Å². The molecule has 0 aromatic carbocycles. The molecule has 1 saturated heterocycles. The van der Waals surface area contributed by atoms with Gasteiger partial charge in [0.1, 0.15) is 0 Å². The first kappa shape index (κ1) is 11.3. The van der Waals surface area contributed by atoms with Gasteiger partial charge in [0.05, 0.1) is 0 Å². The maximum Gasteiger partial charge on any atom is 0.229 e. The predicted molar refractivity (Wildman–Crippen MR) is 58.6 cm³/mol. The third-order valence-electron chi connectivity index (χ3n) is 3.26. The molecule has 0 spiro atoms. The van der Waals surface area contributed by atoms with Crippen LogP contribution in [-0.4, -0.2) is 17.4 Å². The van der Waals surface area contributed by atoms with Crippen molar-refractivity contribution in [2.45, 2.75) is 33.6 Å². The van der Waals surface area contributed by atoms with Gasteiger partial charge >= 0.3 is 0 Å². The van der Waals surface area contributed by atoms with Crippen molar-refractivity contribution in [1.82, 2.24) is 4.90 Å². The summed E-state index contributed by atoms with van der Waals surface area (Å²) in [7, 11) is 0. The minimum Gasteiger partial charge on any atom is -0.319 e. The average Bonchev–Trinajstić information content (AvgIpc) is 2.28. The Kier molecular flexibility index (Phi) is 3.73. The third-order valence-corrected chi connectivity index (χ3v) is 3.26. The molecule has 0 saturated carbocycles. The van der Waals surface area contributed by atoms with Crippen LogP contribution < -0.4 is 0 Å². The molecular weight excluding hydrogens is 174 g/mol. The summed E-state index contributed by atoms with van der Waals surface area (Å²) in [5, 5.41) is 0. The van der Waals surface area contributed by atoms with Gasteiger partial charge in [-0.1, -0.05) is 27.4 Å². The first-order valence-corrected chi connectivity index (χ1v) is 5.49. The SMILES string of the molecule is C=CN1CCC(C(C)C)CC(C)C1=O. The molecule has 0 bridgehead atoms. The number of hydrogen-bond acceptors (Lipinski definition) is 1. The minimum atomic E-state index is 0.155. The van der Waals surface area contributed by atoms with E-state index in [1.807, 2.05) is 6.92 Å². The zero-order chi connectivity index (χ0) is 10.7. The monoisotopic (exact) mass is 195 g/mol. The van der Waals surface area contributed by atoms with E-state index in [0.29, 0.717) is 11.8 Å². The second-order valence-electron chi connectivity index (χ2n) is 4.64. The van der Waals surface area contributed by atoms with Crippen molar-refractivity contribution in [2.24, 2.45) is 17.8 Å². The Balaban J connectivity index is 2.71. The highest BCUT2D eigenvalue weighted by molar-refractivity contribution is 5.79. The van der Waals surface area contributed by atoms with Gasteiger partial charge in [-0.25, -0.2) is 0 Å². The van der Waals surface area contributed by atoms with Gasteiger partial charge in [0.25, 0.3) is 0 Å². The van der Waals surface area contributed by atoms with Crippen LogP contribution in [0, 0.1) is 17.8 Å². The smallest absolute Gasteiger partial charge is 0.229 e. The lowest BCUT2D eigenvalue weighted by molar-refractivity contribution is -0.131. The van der Waals surface area contributed by atoms with Crippen LogP contribution in [0.25, 0.3) is 0 Å². The molecule has 1 fully saturated rings. The van der Waals surface area contributed by atoms with E-state index in [4.69, 9.17) is 0 Å². The number of amides is 1. The molecule has 1 heterocycles. The molecule has 2 atom stereocenters. The van der Waals surface area contributed by atoms with Gasteiger partial charge in [0.15, 0.2) is 0 Å². The van der Waals surface area contributed by atoms with Crippen molar-refractivity contribution in [2.75, 3.05) is 6.54 Å². The van der Waals surface area contributed by atoms with Crippen molar-refractivity contribution < 1.29 is 4.79 Å². The summed E-state index contributed by atoms with van der Waals surface area (Å²) in [6.45, 7) is 11.0. The van der Waals surface area contributed by atoms with Crippen molar-refractivity contribution in [3.05, 3.63) is 12.8 Å². The molecule has 0 aromatic rings. The first-order valence-electron chi connectivity index (χ1n) is 5.49. The number of nitrogens with zero attached hydrogens (tertiary/aromatic N) is 1. The topological polar surface area (TPSA) is 20.3 Å². The lowest BCUT2D eigenvalue weighted by Gasteiger charge is -2.19. The molecule has 1 aliphatic heterocycles. The number of likely N-dealkylation sites (tertiary alicyclic amines) is 1. The third kappa shape index (κ3) is 2.37. The van der Waals surface area contributed by atoms with Crippen LogP contribution in [0.2, 0.25) is 0 Å². The highest BCUT2D eigenvalue weighted by Crippen LogP contribution is 2.28. The van der Waals surface area contributed by atoms with Crippen LogP contribution >= 0.6 is 0 Å². The molecule has 2 heteroatoms. The Morgan fingerprint density at radius 1 is 1.57 bits per heavy atom. The molecule has 0 aromatic heterocycles. The Labute approximate surface area is 87.0 Å². The lowest BCUT2D eigenvalue weighted by atomic mass is 9.86. The van der Waals surface area contributed by atoms with Crippen LogP contribution in [0.1, 0.15) is 33.6 Å². The number of rotatable bonds is 2. The lowest BCUT2D eigenvalue weighted by Crippen LogP contribution is -2.28. The normalized spacial score (nSPS) is 29.1. The van der Waals surface area contributed by atoms with E-state index in [1.165, 1.54) is 0 Å². The van der Waals surface area contributed by atoms with Crippen LogP contribution in [0.5, 0.6) is 0 Å². The summed E-state index contributed by atoms with van der Waals surface area (Å²) in [6.07, 6.45) is 3.81. The fraction of sp³-hybridized carbons (Fsp3) is 0.750. The molecule has 80 valence electrons. The number of carbonyl (C=O) groups is 1. The molecule has 2 unspecified atom stereocenters. The fourth-order valence-corrected chi connectivity index (χ4v) is 2.16. The van der Waals surface area contributed by atoms with Gasteiger partial charge in [0.2, 0.25) is 5.91 Å². The highest BCUT2D eigenvalue weighted by Gasteiger charge is 2.28. The average molecular weight is 195 g/mol. The Morgan fingerprint density at radius 3 is 2.71 bits per heavy atom. The standard InChI is InChI=1S/C12H21NO/c1-5-13-7-6-11(9(2)3)8-10(4)12(13)14/h5,9-11H,1,6-8H2,2-4H3. The molecule has 1 amide bonds. The Bertz CT molecular complexity index is 222. The van der Waals surface area contributed by atoms with Crippen LogP contribution in [0.4, 0.5) is 0 Å². The van der Waals surface area contributed by atoms with Gasteiger partial charge in [-0.05, 0) is 30.9 Å². The van der Waals surface area contributed by atoms with Crippen LogP contribution in [0.15, 0.2) is 12.8 Å². The van der Waals surface area contributed by atoms with Gasteiger partial charge < -0.3 is 4.90 Å². The van der Waals surface area contributed by atoms with E-state index in [-0.39, 0.29) is 11.8 Å². The quantitative estimate of drug-likeness (QED) is 0.663. The van der Waals surface area contributed by atoms with Crippen molar-refractivity contribution >= 4 is 5.91 Å². The molecule has 14 heavy (non-hydrogen) atoms. The summed E-state index contributed by atoms with van der Waals surface area (Å²) >= 11 is 0. The van der Waals surface area contributed by atoms with E-state index in [0.717, 1.165) is 19.4 Å². The van der Waals surface area contributed by atoms with Crippen LogP contribution in [0.3, 0.4) is 0 Å². The van der Waals surface area contributed by atoms with Crippen molar-refractivity contribution in [1.29, 1.82) is 0 Å². The molecular formula is C12H21NO. The minimum absolute atomic E-state index is 0.155. The summed E-state index contributed by atoms with van der Waals surface area (Å²) in [5.74, 6) is 1.75. The maximum absolute atomic E-state index is 11.8.